The van der Waals surface area contributed by atoms with Crippen molar-refractivity contribution in [2.24, 2.45) is 29.2 Å². The number of aliphatic carboxylic acids is 3. The van der Waals surface area contributed by atoms with E-state index >= 15 is 4.79 Å². The molecule has 33 nitrogen and oxygen atoms in total. The molecule has 0 saturated carbocycles. The van der Waals surface area contributed by atoms with Gasteiger partial charge in [-0.15, -0.1) is 0 Å². The van der Waals surface area contributed by atoms with E-state index in [0.29, 0.717) is 12.3 Å². The van der Waals surface area contributed by atoms with Gasteiger partial charge in [0.1, 0.15) is 54.4 Å². The lowest BCUT2D eigenvalue weighted by Gasteiger charge is -2.39. The molecule has 17 N–H and O–H groups in total. The van der Waals surface area contributed by atoms with Crippen molar-refractivity contribution in [1.29, 1.82) is 0 Å². The van der Waals surface area contributed by atoms with Gasteiger partial charge in [-0.05, 0) is 77.6 Å². The number of carboxylic acid groups (broad SMARTS) is 3. The molecular weight excluding hydrogens is 1220 g/mol. The van der Waals surface area contributed by atoms with Crippen molar-refractivity contribution >= 4 is 94.7 Å². The Morgan fingerprint density at radius 3 is 1.71 bits per heavy atom. The largest absolute Gasteiger partial charge is 0.481 e. The summed E-state index contributed by atoms with van der Waals surface area (Å²) < 4.78 is 0. The van der Waals surface area contributed by atoms with Gasteiger partial charge in [0, 0.05) is 25.6 Å². The van der Waals surface area contributed by atoms with E-state index < -0.39 is 205 Å². The van der Waals surface area contributed by atoms with E-state index in [2.05, 4.69) is 56.4 Å². The number of carboxylic acids is 3. The van der Waals surface area contributed by atoms with Crippen LogP contribution in [0.1, 0.15) is 158 Å². The van der Waals surface area contributed by atoms with Gasteiger partial charge in [0.05, 0.1) is 44.3 Å². The van der Waals surface area contributed by atoms with Crippen LogP contribution in [-0.4, -0.2) is 212 Å². The van der Waals surface area contributed by atoms with E-state index in [9.17, 15) is 87.2 Å². The molecule has 13 amide bonds. The summed E-state index contributed by atoms with van der Waals surface area (Å²) in [6, 6.07) is -18.3. The Balaban J connectivity index is 2.14. The van der Waals surface area contributed by atoms with Crippen LogP contribution in [0.25, 0.3) is 0 Å². The highest BCUT2D eigenvalue weighted by Gasteiger charge is 2.45. The van der Waals surface area contributed by atoms with Crippen LogP contribution < -0.4 is 64.6 Å². The fraction of sp³-hybridized carbons (Fsp3) is 0.700. The Kier molecular flexibility index (Phi) is 32.8. The molecule has 0 aromatic rings. The zero-order valence-corrected chi connectivity index (χ0v) is 54.0. The van der Waals surface area contributed by atoms with E-state index in [1.165, 1.54) is 25.2 Å². The minimum absolute atomic E-state index is 0.0284. The van der Waals surface area contributed by atoms with Gasteiger partial charge < -0.3 is 89.8 Å². The number of nitrogens with two attached hydrogens (primary N) is 2. The maximum Gasteiger partial charge on any atom is 0.308 e. The van der Waals surface area contributed by atoms with Gasteiger partial charge in [-0.2, -0.15) is 0 Å². The molecule has 3 saturated heterocycles. The maximum absolute atomic E-state index is 15.3. The summed E-state index contributed by atoms with van der Waals surface area (Å²) >= 11 is 0. The molecule has 0 aromatic carbocycles. The number of primary amides is 1. The van der Waals surface area contributed by atoms with Gasteiger partial charge in [0.25, 0.3) is 0 Å². The third-order valence-electron chi connectivity index (χ3n) is 16.4. The minimum Gasteiger partial charge on any atom is -0.481 e. The summed E-state index contributed by atoms with van der Waals surface area (Å²) in [4.78, 5) is 219. The number of unbranched alkanes of at least 4 members (excludes halogenated alkanes) is 5. The van der Waals surface area contributed by atoms with E-state index in [4.69, 9.17) is 11.5 Å². The first-order valence-electron chi connectivity index (χ1n) is 31.7. The van der Waals surface area contributed by atoms with Crippen LogP contribution in [0, 0.1) is 17.8 Å². The number of allylic oxidation sites excluding steroid dienone is 1. The quantitative estimate of drug-likeness (QED) is 0.0334. The first-order valence-corrected chi connectivity index (χ1v) is 31.7. The van der Waals surface area contributed by atoms with E-state index in [1.807, 2.05) is 16.7 Å². The number of fused-ring (bicyclic) bond motifs is 2. The number of carbonyl (C=O) groups is 16. The van der Waals surface area contributed by atoms with E-state index in [-0.39, 0.29) is 51.6 Å². The Morgan fingerprint density at radius 2 is 1.14 bits per heavy atom. The molecular formula is C60H96N14O19. The van der Waals surface area contributed by atoms with Crippen molar-refractivity contribution in [3.63, 3.8) is 0 Å². The van der Waals surface area contributed by atoms with Crippen molar-refractivity contribution in [3.8, 4) is 0 Å². The number of rotatable bonds is 24. The summed E-state index contributed by atoms with van der Waals surface area (Å²) in [6.45, 7) is 8.86. The fourth-order valence-corrected chi connectivity index (χ4v) is 10.7. The molecule has 13 atom stereocenters. The van der Waals surface area contributed by atoms with Crippen LogP contribution in [0.2, 0.25) is 0 Å². The van der Waals surface area contributed by atoms with Crippen molar-refractivity contribution in [2.45, 2.75) is 224 Å². The second-order valence-electron chi connectivity index (χ2n) is 24.4. The average Bonchev–Trinajstić information content (AvgIpc) is 1.81. The first kappa shape index (κ1) is 78.5. The van der Waals surface area contributed by atoms with E-state index in [0.717, 1.165) is 50.3 Å². The van der Waals surface area contributed by atoms with Crippen LogP contribution in [0.5, 0.6) is 0 Å². The van der Waals surface area contributed by atoms with Crippen molar-refractivity contribution in [3.05, 3.63) is 12.2 Å². The third-order valence-corrected chi connectivity index (χ3v) is 16.4. The molecule has 0 radical (unpaired) electrons. The second kappa shape index (κ2) is 38.9. The van der Waals surface area contributed by atoms with Crippen LogP contribution in [0.4, 0.5) is 0 Å². The van der Waals surface area contributed by atoms with Crippen molar-refractivity contribution < 1.29 is 92.0 Å². The summed E-state index contributed by atoms with van der Waals surface area (Å²) in [5.74, 6) is -21.0. The predicted octanol–water partition coefficient (Wildman–Crippen LogP) is -3.23. The zero-order valence-electron chi connectivity index (χ0n) is 54.0. The molecule has 3 aliphatic rings. The zero-order chi connectivity index (χ0) is 69.8. The molecule has 0 aromatic heterocycles. The standard InChI is InChI=1S/C60H96N14O19/c1-8-32(4)20-15-13-11-9-10-12-14-16-23-42(76)66-36(26-41(62)75)53(85)72-50-35(7)65-54(86)40-22-19-25-74(40)58(90)47(31(2)3)70-57(89)49(34(6)61)69-44(78)30-64-51(83)37(27-45(79)80)67-43(77)29-63-52(84)38(28-46(81)82)68-56(88)48(33(5)60(92)93)71-55(87)39-21-17-18-24-73(39)59(50)91/h14,16,31-40,47-50H,8-13,15,17-30,61H2,1-7H3,(H2,62,75)(H,63,84)(H,64,83)(H,65,86)(H,66,76)(H,67,77)(H,68,88)(H,69,78)(H,70,89)(H,71,87)(H,72,85)(H,79,80)(H,81,82)(H,92,93)/b16-14-/t32?,33?,34?,35-,36+,37+,38+,39-,40+,47+,48+,49-,50+/m1/s1. The molecule has 0 spiro atoms. The number of hydrogen-bond acceptors (Lipinski definition) is 17. The van der Waals surface area contributed by atoms with Crippen molar-refractivity contribution in [1.82, 2.24) is 63.0 Å². The Bertz CT molecular complexity index is 2740. The fourth-order valence-electron chi connectivity index (χ4n) is 10.7. The predicted molar refractivity (Wildman–Crippen MR) is 330 cm³/mol. The number of carbonyl (C=O) groups excluding carboxylic acids is 13. The smallest absolute Gasteiger partial charge is 0.308 e. The molecule has 33 heteroatoms. The Morgan fingerprint density at radius 1 is 0.613 bits per heavy atom. The molecule has 0 bridgehead atoms. The molecule has 93 heavy (non-hydrogen) atoms. The summed E-state index contributed by atoms with van der Waals surface area (Å²) in [7, 11) is 0. The maximum atomic E-state index is 15.3. The minimum atomic E-state index is -2.13. The summed E-state index contributed by atoms with van der Waals surface area (Å²) in [6.07, 6.45) is 8.90. The molecule has 3 unspecified atom stereocenters. The van der Waals surface area contributed by atoms with E-state index in [1.54, 1.807) is 19.9 Å². The van der Waals surface area contributed by atoms with Gasteiger partial charge in [0.2, 0.25) is 76.8 Å². The topological polar surface area (TPSA) is 513 Å². The lowest BCUT2D eigenvalue weighted by Crippen LogP contribution is -2.66. The molecule has 3 heterocycles. The number of nitrogens with one attached hydrogen (secondary N) is 10. The number of hydrogen-bond donors (Lipinski definition) is 15. The van der Waals surface area contributed by atoms with Crippen LogP contribution in [0.15, 0.2) is 12.2 Å². The lowest BCUT2D eigenvalue weighted by molar-refractivity contribution is -0.149. The molecule has 3 aliphatic heterocycles. The molecule has 0 aliphatic carbocycles. The highest BCUT2D eigenvalue weighted by Crippen LogP contribution is 2.24. The first-order chi connectivity index (χ1) is 43.8. The van der Waals surface area contributed by atoms with Gasteiger partial charge in [0.15, 0.2) is 0 Å². The van der Waals surface area contributed by atoms with Crippen LogP contribution >= 0.6 is 0 Å². The number of piperidine rings is 1. The Hall–Kier alpha value is -8.78. The van der Waals surface area contributed by atoms with Gasteiger partial charge in [-0.25, -0.2) is 0 Å². The van der Waals surface area contributed by atoms with Crippen LogP contribution in [-0.2, 0) is 76.7 Å². The normalized spacial score (nSPS) is 25.3. The number of amides is 13. The monoisotopic (exact) mass is 1320 g/mol. The highest BCUT2D eigenvalue weighted by molar-refractivity contribution is 6.01. The SMILES string of the molecule is CCC(C)CCCCCCC/C=C\CC(=O)N[C@@H](CC(N)=O)C(=O)N[C@@H]1C(=O)N2CCCC[C@@H]2C(=O)N[C@@H](C(C)C(=O)O)C(=O)N[C@@H](CC(=O)O)C(=O)NCC(=O)N[C@@H](CC(=O)O)C(=O)NCC(=O)N[C@H](C(C)N)C(=O)N[C@@H](C(C)C)C(=O)N2CCC[C@H]2C(=O)N[C@@H]1C. The lowest BCUT2D eigenvalue weighted by atomic mass is 9.96. The average molecular weight is 1320 g/mol. The number of nitrogens with zero attached hydrogens (tertiary/aromatic N) is 2. The molecule has 520 valence electrons. The molecule has 3 rings (SSSR count). The molecule has 3 fully saturated rings. The van der Waals surface area contributed by atoms with Gasteiger partial charge in [-0.3, -0.25) is 76.7 Å². The van der Waals surface area contributed by atoms with Crippen LogP contribution in [0.3, 0.4) is 0 Å². The highest BCUT2D eigenvalue weighted by atomic mass is 16.4. The third kappa shape index (κ3) is 26.0. The van der Waals surface area contributed by atoms with Crippen molar-refractivity contribution in [2.75, 3.05) is 26.2 Å². The Labute approximate surface area is 539 Å². The van der Waals surface area contributed by atoms with Gasteiger partial charge >= 0.3 is 17.9 Å². The summed E-state index contributed by atoms with van der Waals surface area (Å²) in [5.41, 5.74) is 11.7. The van der Waals surface area contributed by atoms with Gasteiger partial charge in [-0.1, -0.05) is 78.4 Å². The summed E-state index contributed by atoms with van der Waals surface area (Å²) in [5, 5.41) is 52.6. The second-order valence-corrected chi connectivity index (χ2v) is 24.4.